The maximum absolute atomic E-state index is 5.30. The zero-order valence-electron chi connectivity index (χ0n) is 10.3. The summed E-state index contributed by atoms with van der Waals surface area (Å²) in [5, 5.41) is 3.28. The first kappa shape index (κ1) is 11.4. The van der Waals surface area contributed by atoms with Crippen LogP contribution in [0.2, 0.25) is 0 Å². The highest BCUT2D eigenvalue weighted by atomic mass is 16.3. The van der Waals surface area contributed by atoms with Gasteiger partial charge in [-0.1, -0.05) is 5.57 Å². The first-order valence-electron chi connectivity index (χ1n) is 5.76. The third kappa shape index (κ3) is 2.54. The van der Waals surface area contributed by atoms with Crippen LogP contribution in [0.4, 0.5) is 0 Å². The zero-order valence-corrected chi connectivity index (χ0v) is 10.3. The topological polar surface area (TPSA) is 28.4 Å². The van der Waals surface area contributed by atoms with Crippen LogP contribution in [0.3, 0.4) is 0 Å². The fourth-order valence-corrected chi connectivity index (χ4v) is 1.99. The van der Waals surface area contributed by atoms with E-state index in [9.17, 15) is 0 Å². The van der Waals surface area contributed by atoms with Crippen molar-refractivity contribution in [1.29, 1.82) is 0 Å². The van der Waals surface area contributed by atoms with E-state index in [1.54, 1.807) is 11.8 Å². The molecule has 2 heterocycles. The van der Waals surface area contributed by atoms with Crippen LogP contribution in [0.5, 0.6) is 0 Å². The van der Waals surface area contributed by atoms with E-state index >= 15 is 0 Å². The van der Waals surface area contributed by atoms with E-state index in [4.69, 9.17) is 4.42 Å². The van der Waals surface area contributed by atoms with Crippen LogP contribution in [-0.4, -0.2) is 31.6 Å². The lowest BCUT2D eigenvalue weighted by Crippen LogP contribution is -2.36. The highest BCUT2D eigenvalue weighted by molar-refractivity contribution is 5.23. The maximum Gasteiger partial charge on any atom is 0.105 e. The van der Waals surface area contributed by atoms with Crippen molar-refractivity contribution < 1.29 is 4.42 Å². The average molecular weight is 220 g/mol. The average Bonchev–Trinajstić information content (AvgIpc) is 2.48. The minimum Gasteiger partial charge on any atom is -0.469 e. The zero-order chi connectivity index (χ0) is 11.5. The van der Waals surface area contributed by atoms with Crippen molar-refractivity contribution in [3.8, 4) is 0 Å². The number of nitrogens with zero attached hydrogens (tertiary/aromatic N) is 1. The molecule has 1 aliphatic heterocycles. The molecule has 0 atom stereocenters. The smallest absolute Gasteiger partial charge is 0.105 e. The van der Waals surface area contributed by atoms with Crippen molar-refractivity contribution in [3.05, 3.63) is 34.8 Å². The third-order valence-electron chi connectivity index (χ3n) is 3.19. The molecule has 0 saturated carbocycles. The molecular formula is C13H20N2O. The molecule has 1 aromatic heterocycles. The van der Waals surface area contributed by atoms with E-state index in [2.05, 4.69) is 30.3 Å². The van der Waals surface area contributed by atoms with Crippen LogP contribution in [0.25, 0.3) is 0 Å². The summed E-state index contributed by atoms with van der Waals surface area (Å²) in [7, 11) is 2.16. The second kappa shape index (κ2) is 4.85. The lowest BCUT2D eigenvalue weighted by atomic mass is 10.0. The molecule has 1 N–H and O–H groups in total. The van der Waals surface area contributed by atoms with Gasteiger partial charge in [0.05, 0.1) is 6.26 Å². The van der Waals surface area contributed by atoms with Crippen LogP contribution in [0.15, 0.2) is 27.9 Å². The van der Waals surface area contributed by atoms with Crippen LogP contribution >= 0.6 is 0 Å². The molecule has 3 heteroatoms. The van der Waals surface area contributed by atoms with E-state index < -0.39 is 0 Å². The van der Waals surface area contributed by atoms with Gasteiger partial charge >= 0.3 is 0 Å². The van der Waals surface area contributed by atoms with Crippen molar-refractivity contribution in [3.63, 3.8) is 0 Å². The van der Waals surface area contributed by atoms with Gasteiger partial charge in [0, 0.05) is 31.7 Å². The quantitative estimate of drug-likeness (QED) is 0.786. The number of hydrogen-bond donors (Lipinski definition) is 1. The molecular weight excluding hydrogens is 200 g/mol. The van der Waals surface area contributed by atoms with Gasteiger partial charge in [0.25, 0.3) is 0 Å². The number of hydrogen-bond acceptors (Lipinski definition) is 3. The number of furan rings is 1. The summed E-state index contributed by atoms with van der Waals surface area (Å²) in [6.45, 7) is 8.40. The molecule has 0 aromatic carbocycles. The van der Waals surface area contributed by atoms with Crippen molar-refractivity contribution in [2.24, 2.45) is 0 Å². The summed E-state index contributed by atoms with van der Waals surface area (Å²) in [5.41, 5.74) is 4.35. The van der Waals surface area contributed by atoms with Gasteiger partial charge in [0.2, 0.25) is 0 Å². The van der Waals surface area contributed by atoms with Gasteiger partial charge in [-0.15, -0.1) is 0 Å². The van der Waals surface area contributed by atoms with Crippen LogP contribution < -0.4 is 5.32 Å². The van der Waals surface area contributed by atoms with Crippen molar-refractivity contribution in [1.82, 2.24) is 10.2 Å². The van der Waals surface area contributed by atoms with E-state index in [1.165, 1.54) is 11.1 Å². The Morgan fingerprint density at radius 1 is 1.50 bits per heavy atom. The van der Waals surface area contributed by atoms with E-state index in [0.29, 0.717) is 0 Å². The fourth-order valence-electron chi connectivity index (χ4n) is 1.99. The monoisotopic (exact) mass is 220 g/mol. The molecule has 0 spiro atoms. The summed E-state index contributed by atoms with van der Waals surface area (Å²) in [6.07, 6.45) is 1.76. The number of likely N-dealkylation sites (N-methyl/N-ethyl adjacent to an activating group) is 1. The molecule has 88 valence electrons. The first-order chi connectivity index (χ1) is 7.66. The van der Waals surface area contributed by atoms with E-state index in [-0.39, 0.29) is 0 Å². The molecule has 16 heavy (non-hydrogen) atoms. The van der Waals surface area contributed by atoms with Gasteiger partial charge in [0.15, 0.2) is 0 Å². The number of rotatable bonds is 4. The van der Waals surface area contributed by atoms with Gasteiger partial charge in [-0.2, -0.15) is 0 Å². The molecule has 1 saturated heterocycles. The lowest BCUT2D eigenvalue weighted by Gasteiger charge is -2.25. The summed E-state index contributed by atoms with van der Waals surface area (Å²) in [4.78, 5) is 2.33. The maximum atomic E-state index is 5.30. The lowest BCUT2D eigenvalue weighted by molar-refractivity contribution is 0.349. The molecule has 1 aliphatic rings. The van der Waals surface area contributed by atoms with E-state index in [0.717, 1.165) is 31.9 Å². The fraction of sp³-hybridized carbons (Fsp3) is 0.538. The Kier molecular flexibility index (Phi) is 3.46. The van der Waals surface area contributed by atoms with Crippen molar-refractivity contribution >= 4 is 0 Å². The van der Waals surface area contributed by atoms with Crippen LogP contribution in [-0.2, 0) is 6.54 Å². The Balaban J connectivity index is 1.89. The Bertz CT molecular complexity index is 386. The summed E-state index contributed by atoms with van der Waals surface area (Å²) >= 11 is 0. The predicted octanol–water partition coefficient (Wildman–Crippen LogP) is 1.94. The van der Waals surface area contributed by atoms with E-state index in [1.807, 2.05) is 6.92 Å². The molecule has 0 unspecified atom stereocenters. The molecule has 1 aromatic rings. The molecule has 1 fully saturated rings. The molecule has 0 bridgehead atoms. The minimum atomic E-state index is 0.959. The molecule has 0 radical (unpaired) electrons. The van der Waals surface area contributed by atoms with Gasteiger partial charge < -0.3 is 9.73 Å². The number of nitrogens with one attached hydrogen (secondary N) is 1. The highest BCUT2D eigenvalue weighted by Gasteiger charge is 2.12. The highest BCUT2D eigenvalue weighted by Crippen LogP contribution is 2.14. The summed E-state index contributed by atoms with van der Waals surface area (Å²) in [5.74, 6) is 1.03. The molecule has 0 amide bonds. The SMILES string of the molecule is CC(CN(C)Cc1ccoc1C)=C1CNC1. The Morgan fingerprint density at radius 3 is 2.75 bits per heavy atom. The standard InChI is InChI=1S/C13H20N2O/c1-10(13-6-14-7-13)8-15(3)9-12-4-5-16-11(12)2/h4-5,14H,6-9H2,1-3H3. The predicted molar refractivity (Wildman–Crippen MR) is 65.3 cm³/mol. The normalized spacial score (nSPS) is 15.4. The largest absolute Gasteiger partial charge is 0.469 e. The van der Waals surface area contributed by atoms with Crippen LogP contribution in [0, 0.1) is 6.92 Å². The van der Waals surface area contributed by atoms with Gasteiger partial charge in [-0.05, 0) is 32.5 Å². The summed E-state index contributed by atoms with van der Waals surface area (Å²) < 4.78 is 5.30. The van der Waals surface area contributed by atoms with Gasteiger partial charge in [-0.3, -0.25) is 4.90 Å². The second-order valence-corrected chi connectivity index (χ2v) is 4.66. The van der Waals surface area contributed by atoms with Gasteiger partial charge in [-0.25, -0.2) is 0 Å². The summed E-state index contributed by atoms with van der Waals surface area (Å²) in [6, 6.07) is 2.05. The van der Waals surface area contributed by atoms with Crippen LogP contribution in [0.1, 0.15) is 18.2 Å². The van der Waals surface area contributed by atoms with Crippen molar-refractivity contribution in [2.45, 2.75) is 20.4 Å². The molecule has 2 rings (SSSR count). The molecule has 0 aliphatic carbocycles. The Labute approximate surface area is 97.1 Å². The minimum absolute atomic E-state index is 0.959. The molecule has 3 nitrogen and oxygen atoms in total. The Morgan fingerprint density at radius 2 is 2.25 bits per heavy atom. The second-order valence-electron chi connectivity index (χ2n) is 4.66. The first-order valence-corrected chi connectivity index (χ1v) is 5.76. The number of aryl methyl sites for hydroxylation is 1. The Hall–Kier alpha value is -1.06. The van der Waals surface area contributed by atoms with Gasteiger partial charge in [0.1, 0.15) is 5.76 Å². The third-order valence-corrected chi connectivity index (χ3v) is 3.19. The van der Waals surface area contributed by atoms with Crippen molar-refractivity contribution in [2.75, 3.05) is 26.7 Å².